The van der Waals surface area contributed by atoms with E-state index in [9.17, 15) is 19.2 Å². The largest absolute Gasteiger partial charge is 1.00 e. The molecule has 0 aromatic heterocycles. The summed E-state index contributed by atoms with van der Waals surface area (Å²) in [7, 11) is 3.37. The third-order valence-corrected chi connectivity index (χ3v) is 12.1. The van der Waals surface area contributed by atoms with Gasteiger partial charge in [-0.3, -0.25) is 9.59 Å². The van der Waals surface area contributed by atoms with Gasteiger partial charge in [0.15, 0.2) is 6.61 Å². The smallest absolute Gasteiger partial charge is 0.339 e. The van der Waals surface area contributed by atoms with Crippen LogP contribution in [0.4, 0.5) is 5.69 Å². The van der Waals surface area contributed by atoms with Crippen LogP contribution in [0.25, 0.3) is 33.4 Å². The van der Waals surface area contributed by atoms with Gasteiger partial charge < -0.3 is 40.7 Å². The maximum absolute atomic E-state index is 13.3. The average molecular weight is 1010 g/mol. The molecule has 376 valence electrons. The molecule has 0 saturated heterocycles. The molecule has 0 fully saturated rings. The quantitative estimate of drug-likeness (QED) is 0.0159. The van der Waals surface area contributed by atoms with Crippen LogP contribution in [0.1, 0.15) is 115 Å². The first-order valence-corrected chi connectivity index (χ1v) is 25.8. The fourth-order valence-electron chi connectivity index (χ4n) is 6.87. The van der Waals surface area contributed by atoms with Gasteiger partial charge in [0, 0.05) is 53.2 Å². The van der Waals surface area contributed by atoms with E-state index in [-0.39, 0.29) is 56.0 Å². The highest BCUT2D eigenvalue weighted by molar-refractivity contribution is 8.76. The van der Waals surface area contributed by atoms with Crippen LogP contribution in [0.2, 0.25) is 0 Å². The molecule has 3 aromatic carbocycles. The zero-order valence-corrected chi connectivity index (χ0v) is 44.9. The number of hydrogen-bond donors (Lipinski definition) is 0. The summed E-state index contributed by atoms with van der Waals surface area (Å²) in [6, 6.07) is 27.9. The topological polar surface area (TPSA) is 125 Å². The Hall–Kier alpha value is -5.86. The third kappa shape index (κ3) is 19.5. The second kappa shape index (κ2) is 30.7. The molecule has 0 bridgehead atoms. The van der Waals surface area contributed by atoms with Crippen LogP contribution in [-0.4, -0.2) is 80.2 Å². The van der Waals surface area contributed by atoms with Gasteiger partial charge in [0.05, 0.1) is 48.0 Å². The summed E-state index contributed by atoms with van der Waals surface area (Å²) >= 11 is 0. The monoisotopic (exact) mass is 1010 g/mol. The van der Waals surface area contributed by atoms with Crippen molar-refractivity contribution in [3.05, 3.63) is 107 Å². The van der Waals surface area contributed by atoms with Gasteiger partial charge in [0.1, 0.15) is 30.0 Å². The van der Waals surface area contributed by atoms with E-state index in [2.05, 4.69) is 90.1 Å². The molecule has 70 heavy (non-hydrogen) atoms. The lowest BCUT2D eigenvalue weighted by Crippen LogP contribution is -3.00. The molecule has 1 aliphatic heterocycles. The van der Waals surface area contributed by atoms with Crippen molar-refractivity contribution in [1.29, 1.82) is 0 Å². The standard InChI is InChI=1S/C32H39N2O3.C14H16O2S2.C10H14O4.ClH/c1-8-33(9-2)22-16-18-26-28(20-22)36-29-21-23(34(10-3)11-4)17-19-27(29)30(26)24-14-12-13-15-25(24)31(35)37-32(5,6)7;1-4-9-17-18-10-12-5-7-13(8-6-12)14(15)16-11(2)3;1-4-7-13-9(11)5-6-10(12)14-8(2)3;/h12-21H,8-11H2,1-7H3;1,5-8,11H,9-10H2,2-3H3;1,8H,5-7H2,2-3H3;1H/q+1;;;/p-1. The number of halogens is 1. The number of terminal acetylenes is 2. The van der Waals surface area contributed by atoms with Crippen LogP contribution in [0.15, 0.2) is 89.3 Å². The lowest BCUT2D eigenvalue weighted by Gasteiger charge is -2.23. The predicted molar refractivity (Wildman–Crippen MR) is 283 cm³/mol. The van der Waals surface area contributed by atoms with Gasteiger partial charge in [0.25, 0.3) is 0 Å². The fourth-order valence-corrected chi connectivity index (χ4v) is 8.54. The van der Waals surface area contributed by atoms with Gasteiger partial charge in [-0.2, -0.15) is 0 Å². The molecular weight excluding hydrogens is 944 g/mol. The van der Waals surface area contributed by atoms with E-state index < -0.39 is 17.5 Å². The van der Waals surface area contributed by atoms with E-state index in [1.54, 1.807) is 47.6 Å². The van der Waals surface area contributed by atoms with Crippen molar-refractivity contribution in [2.45, 2.75) is 113 Å². The van der Waals surface area contributed by atoms with Gasteiger partial charge in [0.2, 0.25) is 5.36 Å². The van der Waals surface area contributed by atoms with E-state index in [0.717, 1.165) is 76.4 Å². The Morgan fingerprint density at radius 1 is 0.743 bits per heavy atom. The molecule has 11 nitrogen and oxygen atoms in total. The number of rotatable bonds is 18. The first-order chi connectivity index (χ1) is 32.9. The molecule has 0 N–H and O–H groups in total. The Morgan fingerprint density at radius 2 is 1.39 bits per heavy atom. The van der Waals surface area contributed by atoms with Crippen molar-refractivity contribution < 1.29 is 54.9 Å². The minimum atomic E-state index is -0.586. The predicted octanol–water partition coefficient (Wildman–Crippen LogP) is 8.48. The Bertz CT molecular complexity index is 2590. The zero-order valence-electron chi connectivity index (χ0n) is 42.5. The Labute approximate surface area is 429 Å². The van der Waals surface area contributed by atoms with Crippen molar-refractivity contribution >= 4 is 62.1 Å². The van der Waals surface area contributed by atoms with Gasteiger partial charge in [-0.1, -0.05) is 63.8 Å². The van der Waals surface area contributed by atoms with Crippen LogP contribution in [0, 0.1) is 24.7 Å². The number of nitrogens with zero attached hydrogens (tertiary/aromatic N) is 2. The van der Waals surface area contributed by atoms with Crippen LogP contribution < -0.4 is 27.2 Å². The second-order valence-electron chi connectivity index (χ2n) is 17.0. The molecule has 2 aliphatic rings. The summed E-state index contributed by atoms with van der Waals surface area (Å²) < 4.78 is 29.2. The molecule has 0 radical (unpaired) electrons. The Balaban J connectivity index is 0.000000424. The maximum atomic E-state index is 13.3. The number of ether oxygens (including phenoxy) is 4. The SMILES string of the molecule is C#CCOC(=O)CCC(=O)OC(C)C.C#CCSSCc1ccc(C(=O)OC(C)C)cc1.CCN(CC)c1ccc2c(-c3ccccc3C(=O)OC(C)(C)C)c3ccc(=[N+](CC)CC)cc-3oc2c1.[Cl-]. The number of anilines is 1. The van der Waals surface area contributed by atoms with Crippen molar-refractivity contribution in [2.75, 3.05) is 43.4 Å². The van der Waals surface area contributed by atoms with E-state index >= 15 is 0 Å². The number of esters is 4. The molecule has 0 atom stereocenters. The lowest BCUT2D eigenvalue weighted by molar-refractivity contribution is -0.152. The molecule has 0 saturated carbocycles. The van der Waals surface area contributed by atoms with Gasteiger partial charge >= 0.3 is 23.9 Å². The minimum absolute atomic E-state index is 0. The number of carbonyl (C=O) groups excluding carboxylic acids is 4. The Kier molecular flexibility index (Phi) is 26.4. The van der Waals surface area contributed by atoms with Crippen molar-refractivity contribution in [3.63, 3.8) is 0 Å². The summed E-state index contributed by atoms with van der Waals surface area (Å²) in [6.45, 7) is 25.1. The maximum Gasteiger partial charge on any atom is 0.339 e. The lowest BCUT2D eigenvalue weighted by atomic mass is 9.90. The molecule has 1 heterocycles. The van der Waals surface area contributed by atoms with Crippen LogP contribution in [0.3, 0.4) is 0 Å². The van der Waals surface area contributed by atoms with Crippen LogP contribution >= 0.6 is 21.6 Å². The first kappa shape index (κ1) is 60.3. The summed E-state index contributed by atoms with van der Waals surface area (Å²) in [4.78, 5) is 49.1. The highest BCUT2D eigenvalue weighted by atomic mass is 35.5. The molecule has 0 amide bonds. The minimum Gasteiger partial charge on any atom is -1.00 e. The molecule has 0 unspecified atom stereocenters. The third-order valence-electron chi connectivity index (χ3n) is 9.96. The molecule has 14 heteroatoms. The van der Waals surface area contributed by atoms with Gasteiger partial charge in [-0.15, -0.1) is 12.8 Å². The first-order valence-electron chi connectivity index (χ1n) is 23.3. The van der Waals surface area contributed by atoms with Crippen molar-refractivity contribution in [2.24, 2.45) is 0 Å². The number of fused-ring (bicyclic) bond motifs is 2. The van der Waals surface area contributed by atoms with E-state index in [1.807, 2.05) is 71.0 Å². The van der Waals surface area contributed by atoms with E-state index in [4.69, 9.17) is 31.5 Å². The van der Waals surface area contributed by atoms with E-state index in [1.165, 1.54) is 5.56 Å². The molecule has 5 rings (SSSR count). The summed E-state index contributed by atoms with van der Waals surface area (Å²) in [5, 5.41) is 2.09. The second-order valence-corrected chi connectivity index (χ2v) is 19.5. The summed E-state index contributed by atoms with van der Waals surface area (Å²) in [5.41, 5.74) is 6.43. The van der Waals surface area contributed by atoms with E-state index in [0.29, 0.717) is 16.9 Å². The summed E-state index contributed by atoms with van der Waals surface area (Å²) in [5.74, 6) is 5.63. The van der Waals surface area contributed by atoms with Crippen molar-refractivity contribution in [1.82, 2.24) is 4.58 Å². The van der Waals surface area contributed by atoms with Gasteiger partial charge in [-0.05, 0) is 124 Å². The van der Waals surface area contributed by atoms with Gasteiger partial charge in [-0.25, -0.2) is 14.2 Å². The number of carbonyl (C=O) groups is 4. The molecular formula is C56H69ClN2O9S2. The zero-order chi connectivity index (χ0) is 51.1. The molecule has 0 spiro atoms. The van der Waals surface area contributed by atoms with Crippen LogP contribution in [-0.2, 0) is 34.3 Å². The summed E-state index contributed by atoms with van der Waals surface area (Å²) in [6.07, 6.45) is 9.83. The molecule has 1 aliphatic carbocycles. The highest BCUT2D eigenvalue weighted by Gasteiger charge is 2.25. The Morgan fingerprint density at radius 3 is 1.97 bits per heavy atom. The van der Waals surface area contributed by atoms with Crippen LogP contribution in [0.5, 0.6) is 0 Å². The normalized spacial score (nSPS) is 10.6. The number of benzene rings is 4. The molecule has 3 aromatic rings. The fraction of sp³-hybridized carbons (Fsp3) is 0.411. The number of hydrogen-bond acceptors (Lipinski definition) is 12. The van der Waals surface area contributed by atoms with Crippen molar-refractivity contribution in [3.8, 4) is 47.1 Å². The highest BCUT2D eigenvalue weighted by Crippen LogP contribution is 2.42. The average Bonchev–Trinajstić information content (AvgIpc) is 3.31.